The lowest BCUT2D eigenvalue weighted by atomic mass is 10.2. The van der Waals surface area contributed by atoms with Crippen LogP contribution in [0.2, 0.25) is 0 Å². The quantitative estimate of drug-likeness (QED) is 0.866. The number of aromatic carboxylic acids is 1. The highest BCUT2D eigenvalue weighted by Crippen LogP contribution is 2.35. The number of halogens is 2. The summed E-state index contributed by atoms with van der Waals surface area (Å²) in [6, 6.07) is 2.89. The highest BCUT2D eigenvalue weighted by Gasteiger charge is 2.15. The summed E-state index contributed by atoms with van der Waals surface area (Å²) in [7, 11) is 0. The van der Waals surface area contributed by atoms with Gasteiger partial charge in [0.25, 0.3) is 0 Å². The molecule has 0 aliphatic carbocycles. The smallest absolute Gasteiger partial charge is 0.345 e. The van der Waals surface area contributed by atoms with Gasteiger partial charge in [-0.1, -0.05) is 0 Å². The average Bonchev–Trinajstić information content (AvgIpc) is 2.59. The number of carboxylic acid groups (broad SMARTS) is 1. The number of aryl methyl sites for hydroxylation is 1. The fraction of sp³-hybridized carbons (Fsp3) is 0.100. The molecule has 0 aliphatic rings. The third kappa shape index (κ3) is 1.66. The van der Waals surface area contributed by atoms with Gasteiger partial charge in [-0.15, -0.1) is 11.3 Å². The highest BCUT2D eigenvalue weighted by molar-refractivity contribution is 9.10. The van der Waals surface area contributed by atoms with E-state index in [0.29, 0.717) is 10.1 Å². The summed E-state index contributed by atoms with van der Waals surface area (Å²) in [4.78, 5) is 10.9. The Bertz CT molecular complexity index is 562. The number of hydrogen-bond acceptors (Lipinski definition) is 2. The van der Waals surface area contributed by atoms with Crippen molar-refractivity contribution in [2.24, 2.45) is 0 Å². The molecule has 2 rings (SSSR count). The largest absolute Gasteiger partial charge is 0.477 e. The molecule has 0 saturated heterocycles. The molecule has 0 bridgehead atoms. The minimum absolute atomic E-state index is 0.148. The van der Waals surface area contributed by atoms with Crippen LogP contribution in [0.5, 0.6) is 0 Å². The maximum atomic E-state index is 13.5. The van der Waals surface area contributed by atoms with Gasteiger partial charge >= 0.3 is 5.97 Å². The van der Waals surface area contributed by atoms with Gasteiger partial charge in [0.2, 0.25) is 0 Å². The molecule has 1 N–H and O–H groups in total. The minimum atomic E-state index is -1.03. The van der Waals surface area contributed by atoms with Crippen LogP contribution < -0.4 is 0 Å². The zero-order chi connectivity index (χ0) is 11.2. The first-order valence-corrected chi connectivity index (χ1v) is 5.73. The molecular weight excluding hydrogens is 283 g/mol. The Morgan fingerprint density at radius 1 is 1.53 bits per heavy atom. The number of rotatable bonds is 1. The average molecular weight is 289 g/mol. The normalized spacial score (nSPS) is 10.9. The van der Waals surface area contributed by atoms with Crippen LogP contribution in [-0.2, 0) is 0 Å². The number of thiophene rings is 1. The molecule has 0 unspecified atom stereocenters. The number of carboxylic acids is 1. The first kappa shape index (κ1) is 10.6. The fourth-order valence-corrected chi connectivity index (χ4v) is 2.84. The van der Waals surface area contributed by atoms with Crippen LogP contribution in [0.25, 0.3) is 10.1 Å². The topological polar surface area (TPSA) is 37.3 Å². The summed E-state index contributed by atoms with van der Waals surface area (Å²) in [6.45, 7) is 1.77. The van der Waals surface area contributed by atoms with Crippen molar-refractivity contribution >= 4 is 43.3 Å². The van der Waals surface area contributed by atoms with Crippen molar-refractivity contribution in [2.45, 2.75) is 6.92 Å². The summed E-state index contributed by atoms with van der Waals surface area (Å²) in [6.07, 6.45) is 0. The maximum Gasteiger partial charge on any atom is 0.345 e. The van der Waals surface area contributed by atoms with Crippen LogP contribution in [0.1, 0.15) is 15.2 Å². The Hall–Kier alpha value is -0.940. The molecule has 0 amide bonds. The van der Waals surface area contributed by atoms with E-state index in [1.165, 1.54) is 12.1 Å². The molecule has 0 fully saturated rings. The number of fused-ring (bicyclic) bond motifs is 1. The van der Waals surface area contributed by atoms with Crippen molar-refractivity contribution < 1.29 is 14.3 Å². The Labute approximate surface area is 97.5 Å². The summed E-state index contributed by atoms with van der Waals surface area (Å²) >= 11 is 4.27. The van der Waals surface area contributed by atoms with Gasteiger partial charge in [0.15, 0.2) is 0 Å². The zero-order valence-electron chi connectivity index (χ0n) is 7.67. The van der Waals surface area contributed by atoms with Crippen molar-refractivity contribution in [3.05, 3.63) is 32.9 Å². The SMILES string of the molecule is Cc1cc(F)c2sc(C(=O)O)cc2c1Br. The summed E-state index contributed by atoms with van der Waals surface area (Å²) < 4.78 is 14.6. The lowest BCUT2D eigenvalue weighted by molar-refractivity contribution is 0.0702. The molecule has 1 aromatic heterocycles. The molecule has 2 aromatic rings. The van der Waals surface area contributed by atoms with Gasteiger partial charge in [-0.25, -0.2) is 9.18 Å². The predicted octanol–water partition coefficient (Wildman–Crippen LogP) is 3.81. The van der Waals surface area contributed by atoms with Crippen LogP contribution >= 0.6 is 27.3 Å². The van der Waals surface area contributed by atoms with E-state index < -0.39 is 5.97 Å². The molecule has 2 nitrogen and oxygen atoms in total. The van der Waals surface area contributed by atoms with Gasteiger partial charge in [0.1, 0.15) is 10.7 Å². The van der Waals surface area contributed by atoms with E-state index in [9.17, 15) is 9.18 Å². The Balaban J connectivity index is 2.85. The monoisotopic (exact) mass is 288 g/mol. The van der Waals surface area contributed by atoms with Crippen molar-refractivity contribution in [3.63, 3.8) is 0 Å². The van der Waals surface area contributed by atoms with Crippen LogP contribution in [0, 0.1) is 12.7 Å². The standard InChI is InChI=1S/C10H6BrFO2S/c1-4-2-6(12)9-5(8(4)11)3-7(15-9)10(13)14/h2-3H,1H3,(H,13,14). The van der Waals surface area contributed by atoms with Gasteiger partial charge in [0, 0.05) is 9.86 Å². The van der Waals surface area contributed by atoms with E-state index >= 15 is 0 Å². The molecule has 5 heteroatoms. The first-order valence-electron chi connectivity index (χ1n) is 4.12. The molecular formula is C10H6BrFO2S. The molecule has 78 valence electrons. The number of hydrogen-bond donors (Lipinski definition) is 1. The summed E-state index contributed by atoms with van der Waals surface area (Å²) in [5.74, 6) is -1.40. The van der Waals surface area contributed by atoms with Crippen LogP contribution in [-0.4, -0.2) is 11.1 Å². The molecule has 0 atom stereocenters. The zero-order valence-corrected chi connectivity index (χ0v) is 10.1. The number of carbonyl (C=O) groups is 1. The molecule has 15 heavy (non-hydrogen) atoms. The lowest BCUT2D eigenvalue weighted by Gasteiger charge is -1.99. The second-order valence-electron chi connectivity index (χ2n) is 3.15. The molecule has 0 spiro atoms. The Morgan fingerprint density at radius 3 is 2.80 bits per heavy atom. The Morgan fingerprint density at radius 2 is 2.20 bits per heavy atom. The lowest BCUT2D eigenvalue weighted by Crippen LogP contribution is -1.89. The van der Waals surface area contributed by atoms with E-state index in [1.807, 2.05) is 0 Å². The summed E-state index contributed by atoms with van der Waals surface area (Å²) in [5, 5.41) is 9.43. The molecule has 0 saturated carbocycles. The van der Waals surface area contributed by atoms with E-state index in [1.54, 1.807) is 6.92 Å². The predicted molar refractivity (Wildman–Crippen MR) is 61.2 cm³/mol. The van der Waals surface area contributed by atoms with Gasteiger partial charge in [-0.3, -0.25) is 0 Å². The van der Waals surface area contributed by atoms with Gasteiger partial charge < -0.3 is 5.11 Å². The van der Waals surface area contributed by atoms with Crippen LogP contribution in [0.15, 0.2) is 16.6 Å². The van der Waals surface area contributed by atoms with E-state index in [2.05, 4.69) is 15.9 Å². The van der Waals surface area contributed by atoms with E-state index in [4.69, 9.17) is 5.11 Å². The summed E-state index contributed by atoms with van der Waals surface area (Å²) in [5.41, 5.74) is 0.759. The van der Waals surface area contributed by atoms with E-state index in [0.717, 1.165) is 21.4 Å². The molecule has 0 aliphatic heterocycles. The van der Waals surface area contributed by atoms with Gasteiger partial charge in [-0.05, 0) is 40.5 Å². The second-order valence-corrected chi connectivity index (χ2v) is 4.99. The third-order valence-corrected chi connectivity index (χ3v) is 4.27. The van der Waals surface area contributed by atoms with Gasteiger partial charge in [-0.2, -0.15) is 0 Å². The van der Waals surface area contributed by atoms with Crippen molar-refractivity contribution in [2.75, 3.05) is 0 Å². The van der Waals surface area contributed by atoms with Crippen molar-refractivity contribution in [1.82, 2.24) is 0 Å². The maximum absolute atomic E-state index is 13.5. The fourth-order valence-electron chi connectivity index (χ4n) is 1.37. The molecule has 0 radical (unpaired) electrons. The highest BCUT2D eigenvalue weighted by atomic mass is 79.9. The minimum Gasteiger partial charge on any atom is -0.477 e. The number of benzene rings is 1. The molecule has 1 heterocycles. The molecule has 1 aromatic carbocycles. The van der Waals surface area contributed by atoms with Crippen molar-refractivity contribution in [1.29, 1.82) is 0 Å². The van der Waals surface area contributed by atoms with Crippen molar-refractivity contribution in [3.8, 4) is 0 Å². The second kappa shape index (κ2) is 3.57. The van der Waals surface area contributed by atoms with Crippen LogP contribution in [0.4, 0.5) is 4.39 Å². The Kier molecular flexibility index (Phi) is 2.52. The third-order valence-electron chi connectivity index (χ3n) is 2.09. The van der Waals surface area contributed by atoms with Crippen LogP contribution in [0.3, 0.4) is 0 Å². The first-order chi connectivity index (χ1) is 7.00. The van der Waals surface area contributed by atoms with E-state index in [-0.39, 0.29) is 10.7 Å². The van der Waals surface area contributed by atoms with Gasteiger partial charge in [0.05, 0.1) is 4.70 Å².